The first-order valence-corrected chi connectivity index (χ1v) is 20.3. The number of rotatable bonds is 3. The lowest BCUT2D eigenvalue weighted by Gasteiger charge is -2.21. The normalized spacial score (nSPS) is 12.1. The molecule has 2 heteroatoms. The summed E-state index contributed by atoms with van der Waals surface area (Å²) in [4.78, 5) is 5.37. The van der Waals surface area contributed by atoms with Gasteiger partial charge in [-0.2, -0.15) is 0 Å². The third kappa shape index (κ3) is 4.66. The molecule has 0 N–H and O–H groups in total. The van der Waals surface area contributed by atoms with Crippen molar-refractivity contribution < 1.29 is 4.42 Å². The second kappa shape index (κ2) is 12.3. The first-order chi connectivity index (χ1) is 29.3. The number of pyridine rings is 1. The molecule has 2 heterocycles. The zero-order valence-corrected chi connectivity index (χ0v) is 31.9. The van der Waals surface area contributed by atoms with Crippen molar-refractivity contribution in [3.63, 3.8) is 0 Å². The van der Waals surface area contributed by atoms with Crippen LogP contribution in [0, 0.1) is 0 Å². The van der Waals surface area contributed by atoms with Gasteiger partial charge in [0.15, 0.2) is 0 Å². The Kier molecular flexibility index (Phi) is 6.76. The highest BCUT2D eigenvalue weighted by atomic mass is 16.3. The molecule has 0 spiro atoms. The van der Waals surface area contributed by atoms with Crippen LogP contribution in [0.15, 0.2) is 205 Å². The number of aromatic nitrogens is 1. The van der Waals surface area contributed by atoms with Gasteiger partial charge in [0.1, 0.15) is 11.2 Å². The van der Waals surface area contributed by atoms with Crippen molar-refractivity contribution in [3.05, 3.63) is 200 Å². The number of furan rings is 1. The number of fused-ring (bicyclic) bond motifs is 13. The molecule has 59 heavy (non-hydrogen) atoms. The summed E-state index contributed by atoms with van der Waals surface area (Å²) in [6, 6.07) is 72.6. The predicted octanol–water partition coefficient (Wildman–Crippen LogP) is 16.1. The largest absolute Gasteiger partial charge is 0.455 e. The van der Waals surface area contributed by atoms with Crippen molar-refractivity contribution >= 4 is 97.5 Å². The molecule has 0 aliphatic carbocycles. The summed E-state index contributed by atoms with van der Waals surface area (Å²) >= 11 is 0. The molecule has 272 valence electrons. The lowest BCUT2D eigenvalue weighted by molar-refractivity contribution is 0.671. The Morgan fingerprint density at radius 2 is 0.847 bits per heavy atom. The standard InChI is InChI=1S/C57H33NO/c1-2-16-34(17-3-1)56-48-33-46(39-22-8-9-23-40(39)54(48)45-28-14-15-29-50(45)58-56)52-41-24-10-12-26-43(41)53(44-27-13-11-25-42(44)52)49-31-37-20-6-7-21-38(37)55-47-30-35-18-4-5-19-36(35)32-51(47)59-57(49)55/h1-33H. The highest BCUT2D eigenvalue weighted by Gasteiger charge is 2.24. The van der Waals surface area contributed by atoms with Crippen LogP contribution in [0.25, 0.3) is 131 Å². The first kappa shape index (κ1) is 32.3. The minimum absolute atomic E-state index is 0.902. The summed E-state index contributed by atoms with van der Waals surface area (Å²) in [5.74, 6) is 0. The molecular weight excluding hydrogens is 715 g/mol. The first-order valence-electron chi connectivity index (χ1n) is 20.3. The maximum absolute atomic E-state index is 7.06. The number of para-hydroxylation sites is 1. The molecule has 0 radical (unpaired) electrons. The van der Waals surface area contributed by atoms with Crippen molar-refractivity contribution in [1.29, 1.82) is 0 Å². The molecule has 0 saturated heterocycles. The van der Waals surface area contributed by atoms with Crippen molar-refractivity contribution in [3.8, 4) is 33.5 Å². The van der Waals surface area contributed by atoms with Gasteiger partial charge in [0.05, 0.1) is 11.2 Å². The van der Waals surface area contributed by atoms with Gasteiger partial charge >= 0.3 is 0 Å². The Balaban J connectivity index is 1.19. The highest BCUT2D eigenvalue weighted by Crippen LogP contribution is 2.51. The maximum Gasteiger partial charge on any atom is 0.143 e. The van der Waals surface area contributed by atoms with Crippen molar-refractivity contribution in [1.82, 2.24) is 4.98 Å². The van der Waals surface area contributed by atoms with Gasteiger partial charge in [0.25, 0.3) is 0 Å². The molecular formula is C57H33NO. The van der Waals surface area contributed by atoms with Crippen LogP contribution in [0.2, 0.25) is 0 Å². The number of nitrogens with zero attached hydrogens (tertiary/aromatic N) is 1. The molecule has 0 fully saturated rings. The lowest BCUT2D eigenvalue weighted by atomic mass is 9.82. The van der Waals surface area contributed by atoms with Gasteiger partial charge in [-0.15, -0.1) is 0 Å². The van der Waals surface area contributed by atoms with Crippen molar-refractivity contribution in [2.75, 3.05) is 0 Å². The van der Waals surface area contributed by atoms with E-state index in [2.05, 4.69) is 200 Å². The van der Waals surface area contributed by atoms with E-state index in [4.69, 9.17) is 9.40 Å². The fourth-order valence-electron chi connectivity index (χ4n) is 10.0. The Labute approximate surface area is 339 Å². The molecule has 0 bridgehead atoms. The maximum atomic E-state index is 7.06. The van der Waals surface area contributed by atoms with E-state index in [1.807, 2.05) is 0 Å². The topological polar surface area (TPSA) is 26.0 Å². The molecule has 0 atom stereocenters. The zero-order chi connectivity index (χ0) is 38.6. The average Bonchev–Trinajstić information content (AvgIpc) is 3.68. The van der Waals surface area contributed by atoms with E-state index in [-0.39, 0.29) is 0 Å². The van der Waals surface area contributed by atoms with Crippen molar-refractivity contribution in [2.24, 2.45) is 0 Å². The Bertz CT molecular complexity index is 3840. The van der Waals surface area contributed by atoms with Crippen LogP contribution in [-0.2, 0) is 0 Å². The quantitative estimate of drug-likeness (QED) is 0.133. The molecule has 2 aromatic heterocycles. The summed E-state index contributed by atoms with van der Waals surface area (Å²) in [5.41, 5.74) is 9.61. The molecule has 0 saturated carbocycles. The highest BCUT2D eigenvalue weighted by molar-refractivity contribution is 6.32. The number of hydrogen-bond acceptors (Lipinski definition) is 2. The monoisotopic (exact) mass is 747 g/mol. The smallest absolute Gasteiger partial charge is 0.143 e. The van der Waals surface area contributed by atoms with Gasteiger partial charge < -0.3 is 4.42 Å². The van der Waals surface area contributed by atoms with Gasteiger partial charge in [-0.05, 0) is 95.3 Å². The summed E-state index contributed by atoms with van der Waals surface area (Å²) in [7, 11) is 0. The summed E-state index contributed by atoms with van der Waals surface area (Å²) in [6.07, 6.45) is 0. The number of hydrogen-bond donors (Lipinski definition) is 0. The number of benzene rings is 11. The van der Waals surface area contributed by atoms with Crippen LogP contribution < -0.4 is 0 Å². The van der Waals surface area contributed by atoms with E-state index in [0.717, 1.165) is 55.0 Å². The fraction of sp³-hybridized carbons (Fsp3) is 0. The van der Waals surface area contributed by atoms with E-state index in [1.165, 1.54) is 75.9 Å². The van der Waals surface area contributed by atoms with E-state index in [1.54, 1.807) is 0 Å². The molecule has 0 amide bonds. The van der Waals surface area contributed by atoms with E-state index in [0.29, 0.717) is 0 Å². The van der Waals surface area contributed by atoms with E-state index < -0.39 is 0 Å². The van der Waals surface area contributed by atoms with Gasteiger partial charge in [-0.25, -0.2) is 4.98 Å². The van der Waals surface area contributed by atoms with E-state index in [9.17, 15) is 0 Å². The van der Waals surface area contributed by atoms with Gasteiger partial charge in [0, 0.05) is 43.6 Å². The van der Waals surface area contributed by atoms with Gasteiger partial charge in [0.2, 0.25) is 0 Å². The van der Waals surface area contributed by atoms with Crippen LogP contribution in [-0.4, -0.2) is 4.98 Å². The second-order valence-electron chi connectivity index (χ2n) is 15.7. The Hall–Kier alpha value is -7.81. The molecule has 0 aliphatic heterocycles. The Morgan fingerprint density at radius 1 is 0.322 bits per heavy atom. The second-order valence-corrected chi connectivity index (χ2v) is 15.7. The molecule has 13 aromatic rings. The minimum atomic E-state index is 0.902. The molecule has 2 nitrogen and oxygen atoms in total. The van der Waals surface area contributed by atoms with Crippen LogP contribution >= 0.6 is 0 Å². The molecule has 0 unspecified atom stereocenters. The fourth-order valence-corrected chi connectivity index (χ4v) is 10.0. The van der Waals surface area contributed by atoms with Crippen LogP contribution in [0.5, 0.6) is 0 Å². The van der Waals surface area contributed by atoms with Crippen molar-refractivity contribution in [2.45, 2.75) is 0 Å². The SMILES string of the molecule is c1ccc(-c2nc3ccccc3c3c2cc(-c2c4ccccc4c(-c4cc5ccccc5c5c4oc4cc6ccccc6cc45)c4ccccc24)c2ccccc23)cc1. The van der Waals surface area contributed by atoms with Crippen LogP contribution in [0.4, 0.5) is 0 Å². The minimum Gasteiger partial charge on any atom is -0.455 e. The van der Waals surface area contributed by atoms with E-state index >= 15 is 0 Å². The van der Waals surface area contributed by atoms with Crippen LogP contribution in [0.3, 0.4) is 0 Å². The summed E-state index contributed by atoms with van der Waals surface area (Å²) in [6.45, 7) is 0. The lowest BCUT2D eigenvalue weighted by Crippen LogP contribution is -1.95. The predicted molar refractivity (Wildman–Crippen MR) is 250 cm³/mol. The Morgan fingerprint density at radius 3 is 1.54 bits per heavy atom. The summed E-state index contributed by atoms with van der Waals surface area (Å²) < 4.78 is 7.06. The zero-order valence-electron chi connectivity index (χ0n) is 31.9. The summed E-state index contributed by atoms with van der Waals surface area (Å²) in [5, 5.41) is 17.8. The van der Waals surface area contributed by atoms with Gasteiger partial charge in [-0.1, -0.05) is 170 Å². The third-order valence-electron chi connectivity index (χ3n) is 12.6. The third-order valence-corrected chi connectivity index (χ3v) is 12.6. The molecule has 0 aliphatic rings. The average molecular weight is 748 g/mol. The van der Waals surface area contributed by atoms with Gasteiger partial charge in [-0.3, -0.25) is 0 Å². The molecule has 11 aromatic carbocycles. The molecule has 13 rings (SSSR count). The van der Waals surface area contributed by atoms with Crippen LogP contribution in [0.1, 0.15) is 0 Å².